The van der Waals surface area contributed by atoms with Crippen LogP contribution in [-0.2, 0) is 6.42 Å². The summed E-state index contributed by atoms with van der Waals surface area (Å²) in [5, 5.41) is 6.59. The van der Waals surface area contributed by atoms with E-state index in [2.05, 4.69) is 21.7 Å². The summed E-state index contributed by atoms with van der Waals surface area (Å²) in [5.41, 5.74) is 10.0. The van der Waals surface area contributed by atoms with Gasteiger partial charge >= 0.3 is 0 Å². The minimum atomic E-state index is 0.833. The van der Waals surface area contributed by atoms with Gasteiger partial charge in [-0.25, -0.2) is 4.98 Å². The second-order valence-corrected chi connectivity index (χ2v) is 5.17. The minimum absolute atomic E-state index is 0.833. The molecule has 17 heavy (non-hydrogen) atoms. The summed E-state index contributed by atoms with van der Waals surface area (Å²) in [5.74, 6) is 0. The first-order valence-corrected chi connectivity index (χ1v) is 6.54. The van der Waals surface area contributed by atoms with Crippen LogP contribution in [0.1, 0.15) is 16.3 Å². The molecule has 0 amide bonds. The second kappa shape index (κ2) is 5.19. The number of rotatable bonds is 4. The van der Waals surface area contributed by atoms with E-state index in [4.69, 9.17) is 5.73 Å². The quantitative estimate of drug-likeness (QED) is 0.817. The smallest absolute Gasteiger partial charge is 0.0897 e. The van der Waals surface area contributed by atoms with Crippen molar-refractivity contribution in [3.05, 3.63) is 39.8 Å². The van der Waals surface area contributed by atoms with Gasteiger partial charge in [0.05, 0.1) is 10.7 Å². The van der Waals surface area contributed by atoms with Crippen LogP contribution in [0.3, 0.4) is 0 Å². The van der Waals surface area contributed by atoms with Crippen molar-refractivity contribution in [1.29, 1.82) is 0 Å². The summed E-state index contributed by atoms with van der Waals surface area (Å²) in [6, 6.07) is 6.06. The molecular weight excluding hydrogens is 230 g/mol. The monoisotopic (exact) mass is 247 g/mol. The number of nitrogen functional groups attached to an aromatic ring is 1. The Morgan fingerprint density at radius 2 is 2.18 bits per heavy atom. The zero-order chi connectivity index (χ0) is 12.3. The van der Waals surface area contributed by atoms with Crippen molar-refractivity contribution in [2.45, 2.75) is 20.3 Å². The summed E-state index contributed by atoms with van der Waals surface area (Å²) in [6.45, 7) is 4.92. The molecule has 1 aromatic heterocycles. The van der Waals surface area contributed by atoms with E-state index in [1.54, 1.807) is 11.3 Å². The first-order chi connectivity index (χ1) is 8.15. The molecule has 0 radical (unpaired) electrons. The summed E-state index contributed by atoms with van der Waals surface area (Å²) in [4.78, 5) is 4.43. The van der Waals surface area contributed by atoms with E-state index in [9.17, 15) is 0 Å². The Morgan fingerprint density at radius 1 is 1.35 bits per heavy atom. The Hall–Kier alpha value is -1.55. The molecule has 3 N–H and O–H groups in total. The molecule has 4 heteroatoms. The highest BCUT2D eigenvalue weighted by atomic mass is 32.1. The lowest BCUT2D eigenvalue weighted by Gasteiger charge is -2.07. The molecule has 0 aliphatic carbocycles. The molecule has 0 aliphatic heterocycles. The van der Waals surface area contributed by atoms with Crippen LogP contribution in [0.15, 0.2) is 23.6 Å². The number of nitrogens with two attached hydrogens (primary N) is 1. The highest BCUT2D eigenvalue weighted by Crippen LogP contribution is 2.17. The molecule has 3 nitrogen and oxygen atoms in total. The van der Waals surface area contributed by atoms with E-state index in [0.29, 0.717) is 0 Å². The lowest BCUT2D eigenvalue weighted by atomic mass is 10.2. The molecule has 2 rings (SSSR count). The van der Waals surface area contributed by atoms with E-state index >= 15 is 0 Å². The summed E-state index contributed by atoms with van der Waals surface area (Å²) >= 11 is 1.70. The predicted octanol–water partition coefficient (Wildman–Crippen LogP) is 3.00. The molecule has 0 bridgehead atoms. The van der Waals surface area contributed by atoms with Gasteiger partial charge in [-0.15, -0.1) is 11.3 Å². The fraction of sp³-hybridized carbons (Fsp3) is 0.308. The maximum atomic E-state index is 5.86. The maximum absolute atomic E-state index is 5.86. The SMILES string of the molecule is Cc1nc(CCNc2ccc(C)c(N)c2)cs1. The zero-order valence-corrected chi connectivity index (χ0v) is 11.0. The number of benzene rings is 1. The first-order valence-electron chi connectivity index (χ1n) is 5.66. The van der Waals surface area contributed by atoms with Crippen LogP contribution < -0.4 is 11.1 Å². The van der Waals surface area contributed by atoms with Crippen molar-refractivity contribution in [3.8, 4) is 0 Å². The van der Waals surface area contributed by atoms with Crippen LogP contribution >= 0.6 is 11.3 Å². The third-order valence-electron chi connectivity index (χ3n) is 2.66. The number of nitrogens with one attached hydrogen (secondary N) is 1. The van der Waals surface area contributed by atoms with Crippen LogP contribution in [0, 0.1) is 13.8 Å². The molecule has 2 aromatic rings. The Bertz CT molecular complexity index is 505. The van der Waals surface area contributed by atoms with Gasteiger partial charge in [0.25, 0.3) is 0 Å². The number of hydrogen-bond donors (Lipinski definition) is 2. The molecule has 0 atom stereocenters. The topological polar surface area (TPSA) is 50.9 Å². The Kier molecular flexibility index (Phi) is 3.64. The highest BCUT2D eigenvalue weighted by Gasteiger charge is 1.99. The molecule has 1 aromatic carbocycles. The van der Waals surface area contributed by atoms with Crippen molar-refractivity contribution in [2.24, 2.45) is 0 Å². The van der Waals surface area contributed by atoms with Gasteiger partial charge in [0, 0.05) is 29.7 Å². The van der Waals surface area contributed by atoms with Crippen molar-refractivity contribution >= 4 is 22.7 Å². The predicted molar refractivity (Wildman–Crippen MR) is 74.6 cm³/mol. The second-order valence-electron chi connectivity index (χ2n) is 4.11. The van der Waals surface area contributed by atoms with E-state index in [1.165, 1.54) is 0 Å². The lowest BCUT2D eigenvalue weighted by Crippen LogP contribution is -2.05. The third kappa shape index (κ3) is 3.20. The maximum Gasteiger partial charge on any atom is 0.0897 e. The number of aryl methyl sites for hydroxylation is 2. The van der Waals surface area contributed by atoms with Gasteiger partial charge in [0.15, 0.2) is 0 Å². The summed E-state index contributed by atoms with van der Waals surface area (Å²) in [7, 11) is 0. The van der Waals surface area contributed by atoms with Gasteiger partial charge in [-0.3, -0.25) is 0 Å². The largest absolute Gasteiger partial charge is 0.398 e. The Labute approximate surface area is 106 Å². The standard InChI is InChI=1S/C13H17N3S/c1-9-3-4-11(7-13(9)14)15-6-5-12-8-17-10(2)16-12/h3-4,7-8,15H,5-6,14H2,1-2H3. The Morgan fingerprint density at radius 3 is 2.82 bits per heavy atom. The molecule has 0 saturated heterocycles. The average molecular weight is 247 g/mol. The molecule has 0 spiro atoms. The number of hydrogen-bond acceptors (Lipinski definition) is 4. The third-order valence-corrected chi connectivity index (χ3v) is 3.48. The van der Waals surface area contributed by atoms with Gasteiger partial charge in [0.1, 0.15) is 0 Å². The first kappa shape index (κ1) is 11.9. The molecule has 0 unspecified atom stereocenters. The number of thiazole rings is 1. The van der Waals surface area contributed by atoms with E-state index in [1.807, 2.05) is 26.0 Å². The molecular formula is C13H17N3S. The molecule has 0 aliphatic rings. The van der Waals surface area contributed by atoms with Gasteiger partial charge in [-0.2, -0.15) is 0 Å². The number of nitrogens with zero attached hydrogens (tertiary/aromatic N) is 1. The lowest BCUT2D eigenvalue weighted by molar-refractivity contribution is 0.968. The highest BCUT2D eigenvalue weighted by molar-refractivity contribution is 7.09. The zero-order valence-electron chi connectivity index (χ0n) is 10.2. The van der Waals surface area contributed by atoms with Crippen molar-refractivity contribution < 1.29 is 0 Å². The molecule has 90 valence electrons. The molecule has 1 heterocycles. The average Bonchev–Trinajstić information content (AvgIpc) is 2.70. The molecule has 0 saturated carbocycles. The van der Waals surface area contributed by atoms with Crippen LogP contribution in [0.25, 0.3) is 0 Å². The van der Waals surface area contributed by atoms with Crippen molar-refractivity contribution in [3.63, 3.8) is 0 Å². The van der Waals surface area contributed by atoms with Gasteiger partial charge in [0.2, 0.25) is 0 Å². The minimum Gasteiger partial charge on any atom is -0.398 e. The van der Waals surface area contributed by atoms with Crippen molar-refractivity contribution in [1.82, 2.24) is 4.98 Å². The number of anilines is 2. The van der Waals surface area contributed by atoms with Gasteiger partial charge in [-0.05, 0) is 31.5 Å². The van der Waals surface area contributed by atoms with Gasteiger partial charge < -0.3 is 11.1 Å². The summed E-state index contributed by atoms with van der Waals surface area (Å²) < 4.78 is 0. The normalized spacial score (nSPS) is 10.5. The van der Waals surface area contributed by atoms with Crippen molar-refractivity contribution in [2.75, 3.05) is 17.6 Å². The van der Waals surface area contributed by atoms with Crippen LogP contribution in [0.4, 0.5) is 11.4 Å². The van der Waals surface area contributed by atoms with Gasteiger partial charge in [-0.1, -0.05) is 6.07 Å². The van der Waals surface area contributed by atoms with E-state index in [0.717, 1.165) is 40.6 Å². The van der Waals surface area contributed by atoms with E-state index in [-0.39, 0.29) is 0 Å². The number of aromatic nitrogens is 1. The fourth-order valence-electron chi connectivity index (χ4n) is 1.61. The fourth-order valence-corrected chi connectivity index (χ4v) is 2.26. The molecule has 0 fully saturated rings. The summed E-state index contributed by atoms with van der Waals surface area (Å²) in [6.07, 6.45) is 0.943. The van der Waals surface area contributed by atoms with Crippen LogP contribution in [0.5, 0.6) is 0 Å². The van der Waals surface area contributed by atoms with Crippen LogP contribution in [0.2, 0.25) is 0 Å². The Balaban J connectivity index is 1.87. The van der Waals surface area contributed by atoms with Crippen LogP contribution in [-0.4, -0.2) is 11.5 Å². The van der Waals surface area contributed by atoms with E-state index < -0.39 is 0 Å².